The monoisotopic (exact) mass is 287 g/mol. The fourth-order valence-electron chi connectivity index (χ4n) is 2.70. The molecule has 2 fully saturated rings. The fourth-order valence-corrected chi connectivity index (χ4v) is 3.84. The van der Waals surface area contributed by atoms with Gasteiger partial charge in [0.25, 0.3) is 0 Å². The summed E-state index contributed by atoms with van der Waals surface area (Å²) in [5.41, 5.74) is 0. The summed E-state index contributed by atoms with van der Waals surface area (Å²) in [5, 5.41) is 9.15. The van der Waals surface area contributed by atoms with Crippen molar-refractivity contribution in [3.63, 3.8) is 0 Å². The van der Waals surface area contributed by atoms with Crippen molar-refractivity contribution in [1.82, 2.24) is 14.7 Å². The molecule has 0 radical (unpaired) electrons. The van der Waals surface area contributed by atoms with Gasteiger partial charge in [0, 0.05) is 24.9 Å². The Balaban J connectivity index is 2.04. The van der Waals surface area contributed by atoms with Crippen LogP contribution in [0.25, 0.3) is 0 Å². The summed E-state index contributed by atoms with van der Waals surface area (Å²) in [7, 11) is 3.99. The van der Waals surface area contributed by atoms with Gasteiger partial charge in [-0.3, -0.25) is 0 Å². The van der Waals surface area contributed by atoms with Crippen LogP contribution in [0.2, 0.25) is 0 Å². The summed E-state index contributed by atoms with van der Waals surface area (Å²) in [6.07, 6.45) is 2.01. The van der Waals surface area contributed by atoms with Crippen molar-refractivity contribution in [2.45, 2.75) is 24.9 Å². The first-order chi connectivity index (χ1) is 9.00. The number of likely N-dealkylation sites (tertiary alicyclic amines) is 1. The highest BCUT2D eigenvalue weighted by atomic mass is 32.2. The average Bonchev–Trinajstić information content (AvgIpc) is 2.94. The van der Waals surface area contributed by atoms with Crippen LogP contribution in [0.1, 0.15) is 12.8 Å². The molecule has 6 nitrogen and oxygen atoms in total. The normalized spacial score (nSPS) is 27.3. The van der Waals surface area contributed by atoms with Crippen molar-refractivity contribution in [2.75, 3.05) is 38.8 Å². The van der Waals surface area contributed by atoms with Gasteiger partial charge in [0.15, 0.2) is 0 Å². The van der Waals surface area contributed by atoms with Crippen LogP contribution in [0.5, 0.6) is 0 Å². The van der Waals surface area contributed by atoms with Crippen LogP contribution >= 0.6 is 11.8 Å². The Hall–Kier alpha value is -0.950. The number of carbonyl (C=O) groups is 2. The van der Waals surface area contributed by atoms with E-state index in [-0.39, 0.29) is 12.1 Å². The molecule has 0 aromatic rings. The first kappa shape index (κ1) is 14.5. The summed E-state index contributed by atoms with van der Waals surface area (Å²) < 4.78 is 0. The Morgan fingerprint density at radius 3 is 2.74 bits per heavy atom. The summed E-state index contributed by atoms with van der Waals surface area (Å²) in [6, 6.07) is -0.567. The molecule has 0 aromatic heterocycles. The van der Waals surface area contributed by atoms with E-state index in [1.165, 1.54) is 16.7 Å². The number of thioether (sulfide) groups is 1. The van der Waals surface area contributed by atoms with Crippen LogP contribution < -0.4 is 0 Å². The molecule has 7 heteroatoms. The molecule has 2 rings (SSSR count). The van der Waals surface area contributed by atoms with E-state index < -0.39 is 12.0 Å². The topological polar surface area (TPSA) is 64.1 Å². The van der Waals surface area contributed by atoms with Gasteiger partial charge in [0.1, 0.15) is 6.04 Å². The standard InChI is InChI=1S/C12H21N3O3S/c1-13(2)6-9-4-3-5-14(9)12(18)15-8-19-7-10(15)11(16)17/h9-10H,3-8H2,1-2H3,(H,16,17)/t9?,10-/m0/s1. The summed E-state index contributed by atoms with van der Waals surface area (Å²) in [6.45, 7) is 1.58. The number of urea groups is 1. The second-order valence-electron chi connectivity index (χ2n) is 5.36. The minimum absolute atomic E-state index is 0.109. The lowest BCUT2D eigenvalue weighted by atomic mass is 10.2. The van der Waals surface area contributed by atoms with Crippen molar-refractivity contribution >= 4 is 23.8 Å². The molecule has 0 aliphatic carbocycles. The number of hydrogen-bond donors (Lipinski definition) is 1. The van der Waals surface area contributed by atoms with Gasteiger partial charge in [0.2, 0.25) is 0 Å². The zero-order valence-electron chi connectivity index (χ0n) is 11.4. The predicted molar refractivity (Wildman–Crippen MR) is 74.3 cm³/mol. The molecule has 1 N–H and O–H groups in total. The molecule has 19 heavy (non-hydrogen) atoms. The molecular formula is C12H21N3O3S. The van der Waals surface area contributed by atoms with E-state index in [1.54, 1.807) is 0 Å². The first-order valence-electron chi connectivity index (χ1n) is 6.53. The molecule has 2 atom stereocenters. The molecule has 2 aliphatic heterocycles. The fraction of sp³-hybridized carbons (Fsp3) is 0.833. The second-order valence-corrected chi connectivity index (χ2v) is 6.36. The van der Waals surface area contributed by atoms with Gasteiger partial charge in [-0.05, 0) is 26.9 Å². The van der Waals surface area contributed by atoms with Crippen molar-refractivity contribution in [3.05, 3.63) is 0 Å². The number of amides is 2. The van der Waals surface area contributed by atoms with Crippen LogP contribution in [0.3, 0.4) is 0 Å². The number of hydrogen-bond acceptors (Lipinski definition) is 4. The first-order valence-corrected chi connectivity index (χ1v) is 7.68. The number of nitrogens with zero attached hydrogens (tertiary/aromatic N) is 3. The molecule has 108 valence electrons. The van der Waals surface area contributed by atoms with Crippen molar-refractivity contribution in [1.29, 1.82) is 0 Å². The summed E-state index contributed by atoms with van der Waals surface area (Å²) in [5.74, 6) is 0.0792. The lowest BCUT2D eigenvalue weighted by molar-refractivity contribution is -0.141. The molecule has 0 aromatic carbocycles. The van der Waals surface area contributed by atoms with Crippen molar-refractivity contribution in [2.24, 2.45) is 0 Å². The van der Waals surface area contributed by atoms with Gasteiger partial charge >= 0.3 is 12.0 Å². The average molecular weight is 287 g/mol. The van der Waals surface area contributed by atoms with Gasteiger partial charge < -0.3 is 19.8 Å². The smallest absolute Gasteiger partial charge is 0.327 e. The zero-order valence-corrected chi connectivity index (χ0v) is 12.2. The quantitative estimate of drug-likeness (QED) is 0.823. The van der Waals surface area contributed by atoms with E-state index in [4.69, 9.17) is 5.11 Å². The molecule has 2 amide bonds. The van der Waals surface area contributed by atoms with Crippen LogP contribution in [-0.4, -0.2) is 82.7 Å². The van der Waals surface area contributed by atoms with E-state index >= 15 is 0 Å². The predicted octanol–water partition coefficient (Wildman–Crippen LogP) is 0.592. The third-order valence-corrected chi connectivity index (χ3v) is 4.62. The Morgan fingerprint density at radius 1 is 1.37 bits per heavy atom. The number of rotatable bonds is 3. The van der Waals surface area contributed by atoms with Crippen LogP contribution in [0, 0.1) is 0 Å². The minimum Gasteiger partial charge on any atom is -0.480 e. The number of carboxylic acid groups (broad SMARTS) is 1. The van der Waals surface area contributed by atoms with E-state index in [0.29, 0.717) is 11.6 Å². The van der Waals surface area contributed by atoms with E-state index in [1.807, 2.05) is 19.0 Å². The maximum absolute atomic E-state index is 12.5. The van der Waals surface area contributed by atoms with Crippen molar-refractivity contribution in [3.8, 4) is 0 Å². The highest BCUT2D eigenvalue weighted by Gasteiger charge is 2.39. The van der Waals surface area contributed by atoms with Gasteiger partial charge in [0.05, 0.1) is 5.88 Å². The SMILES string of the molecule is CN(C)CC1CCCN1C(=O)N1CSC[C@H]1C(=O)O. The van der Waals surface area contributed by atoms with Gasteiger partial charge in [-0.25, -0.2) is 9.59 Å². The molecular weight excluding hydrogens is 266 g/mol. The van der Waals surface area contributed by atoms with E-state index in [0.717, 1.165) is 25.9 Å². The number of carboxylic acids is 1. The van der Waals surface area contributed by atoms with Gasteiger partial charge in [-0.1, -0.05) is 0 Å². The third kappa shape index (κ3) is 3.14. The molecule has 2 saturated heterocycles. The maximum Gasteiger partial charge on any atom is 0.327 e. The van der Waals surface area contributed by atoms with E-state index in [2.05, 4.69) is 4.90 Å². The van der Waals surface area contributed by atoms with Crippen LogP contribution in [0.4, 0.5) is 4.79 Å². The molecule has 0 saturated carbocycles. The molecule has 2 aliphatic rings. The Labute approximate surface area is 117 Å². The minimum atomic E-state index is -0.901. The number of aliphatic carboxylic acids is 1. The van der Waals surface area contributed by atoms with Gasteiger partial charge in [-0.15, -0.1) is 11.8 Å². The lowest BCUT2D eigenvalue weighted by Crippen LogP contribution is -2.51. The second kappa shape index (κ2) is 6.00. The lowest BCUT2D eigenvalue weighted by Gasteiger charge is -2.32. The molecule has 2 heterocycles. The Bertz CT molecular complexity index is 364. The summed E-state index contributed by atoms with van der Waals surface area (Å²) >= 11 is 1.51. The molecule has 1 unspecified atom stereocenters. The highest BCUT2D eigenvalue weighted by molar-refractivity contribution is 7.99. The van der Waals surface area contributed by atoms with Crippen molar-refractivity contribution < 1.29 is 14.7 Å². The third-order valence-electron chi connectivity index (χ3n) is 3.61. The van der Waals surface area contributed by atoms with E-state index in [9.17, 15) is 9.59 Å². The number of likely N-dealkylation sites (N-methyl/N-ethyl adjacent to an activating group) is 1. The van der Waals surface area contributed by atoms with Crippen LogP contribution in [0.15, 0.2) is 0 Å². The van der Waals surface area contributed by atoms with Crippen LogP contribution in [-0.2, 0) is 4.79 Å². The number of carbonyl (C=O) groups excluding carboxylic acids is 1. The van der Waals surface area contributed by atoms with Gasteiger partial charge in [-0.2, -0.15) is 0 Å². The highest BCUT2D eigenvalue weighted by Crippen LogP contribution is 2.26. The Morgan fingerprint density at radius 2 is 2.11 bits per heavy atom. The summed E-state index contributed by atoms with van der Waals surface area (Å²) in [4.78, 5) is 29.1. The molecule has 0 bridgehead atoms. The Kier molecular flexibility index (Phi) is 4.57. The molecule has 0 spiro atoms. The largest absolute Gasteiger partial charge is 0.480 e. The maximum atomic E-state index is 12.5. The zero-order chi connectivity index (χ0) is 14.0.